The standard InChI is InChI=1S/C17H31FN4O/c1-22-11-14(10-20-22)17(23)21-16-6-5-13(9-19-16)7-12-3-2-4-15(18)8-12/h12-16,19-20H,2-11H2,1H3,(H,21,23). The number of amides is 1. The van der Waals surface area contributed by atoms with Gasteiger partial charge in [0.1, 0.15) is 6.17 Å². The topological polar surface area (TPSA) is 56.4 Å². The zero-order valence-electron chi connectivity index (χ0n) is 14.2. The van der Waals surface area contributed by atoms with E-state index < -0.39 is 6.17 Å². The highest BCUT2D eigenvalue weighted by atomic mass is 19.1. The van der Waals surface area contributed by atoms with Crippen LogP contribution in [0, 0.1) is 17.8 Å². The second-order valence-electron chi connectivity index (χ2n) is 7.72. The summed E-state index contributed by atoms with van der Waals surface area (Å²) in [4.78, 5) is 12.2. The summed E-state index contributed by atoms with van der Waals surface area (Å²) in [5.41, 5.74) is 3.17. The first-order valence-corrected chi connectivity index (χ1v) is 9.22. The van der Waals surface area contributed by atoms with Gasteiger partial charge in [-0.2, -0.15) is 0 Å². The maximum atomic E-state index is 13.5. The van der Waals surface area contributed by atoms with Gasteiger partial charge in [0.15, 0.2) is 0 Å². The molecule has 3 rings (SSSR count). The third-order valence-corrected chi connectivity index (χ3v) is 5.69. The van der Waals surface area contributed by atoms with E-state index >= 15 is 0 Å². The van der Waals surface area contributed by atoms with Gasteiger partial charge in [0, 0.05) is 20.1 Å². The van der Waals surface area contributed by atoms with Gasteiger partial charge >= 0.3 is 0 Å². The van der Waals surface area contributed by atoms with Crippen molar-refractivity contribution in [2.45, 2.75) is 57.3 Å². The van der Waals surface area contributed by atoms with Crippen molar-refractivity contribution in [2.24, 2.45) is 17.8 Å². The molecule has 2 saturated heterocycles. The largest absolute Gasteiger partial charge is 0.340 e. The summed E-state index contributed by atoms with van der Waals surface area (Å²) < 4.78 is 13.5. The van der Waals surface area contributed by atoms with Crippen molar-refractivity contribution < 1.29 is 9.18 Å². The highest BCUT2D eigenvalue weighted by Gasteiger charge is 2.30. The SMILES string of the molecule is CN1CC(C(=O)NC2CCC(CC3CCCC(F)C3)CN2)CN1. The van der Waals surface area contributed by atoms with E-state index in [2.05, 4.69) is 16.1 Å². The Morgan fingerprint density at radius 2 is 2.09 bits per heavy atom. The smallest absolute Gasteiger partial charge is 0.227 e. The minimum atomic E-state index is -0.574. The molecule has 5 atom stereocenters. The lowest BCUT2D eigenvalue weighted by Crippen LogP contribution is -2.52. The lowest BCUT2D eigenvalue weighted by atomic mass is 9.80. The first-order valence-electron chi connectivity index (χ1n) is 9.22. The molecule has 3 aliphatic rings. The Balaban J connectivity index is 1.36. The van der Waals surface area contributed by atoms with Gasteiger partial charge in [-0.25, -0.2) is 9.40 Å². The molecule has 0 aromatic rings. The number of halogens is 1. The van der Waals surface area contributed by atoms with Crippen molar-refractivity contribution in [2.75, 3.05) is 26.7 Å². The third-order valence-electron chi connectivity index (χ3n) is 5.69. The van der Waals surface area contributed by atoms with Crippen LogP contribution in [0.25, 0.3) is 0 Å². The molecule has 0 radical (unpaired) electrons. The van der Waals surface area contributed by atoms with Crippen molar-refractivity contribution in [1.82, 2.24) is 21.1 Å². The Morgan fingerprint density at radius 1 is 1.22 bits per heavy atom. The average Bonchev–Trinajstić information content (AvgIpc) is 2.96. The fourth-order valence-corrected chi connectivity index (χ4v) is 4.34. The molecule has 0 spiro atoms. The molecule has 23 heavy (non-hydrogen) atoms. The molecule has 0 aromatic carbocycles. The number of rotatable bonds is 4. The number of carbonyl (C=O) groups excluding carboxylic acids is 1. The van der Waals surface area contributed by atoms with Crippen molar-refractivity contribution >= 4 is 5.91 Å². The van der Waals surface area contributed by atoms with E-state index in [0.717, 1.165) is 58.2 Å². The van der Waals surface area contributed by atoms with Gasteiger partial charge in [-0.15, -0.1) is 0 Å². The summed E-state index contributed by atoms with van der Waals surface area (Å²) in [6, 6.07) is 0. The molecular weight excluding hydrogens is 295 g/mol. The molecule has 5 nitrogen and oxygen atoms in total. The van der Waals surface area contributed by atoms with Gasteiger partial charge in [0.25, 0.3) is 0 Å². The second-order valence-corrected chi connectivity index (χ2v) is 7.72. The predicted molar refractivity (Wildman–Crippen MR) is 88.3 cm³/mol. The molecule has 1 amide bonds. The van der Waals surface area contributed by atoms with Crippen molar-refractivity contribution in [3.8, 4) is 0 Å². The first kappa shape index (κ1) is 17.1. The summed E-state index contributed by atoms with van der Waals surface area (Å²) in [6.07, 6.45) is 6.56. The molecule has 6 heteroatoms. The highest BCUT2D eigenvalue weighted by molar-refractivity contribution is 5.79. The summed E-state index contributed by atoms with van der Waals surface area (Å²) in [5, 5.41) is 8.58. The molecule has 0 bridgehead atoms. The number of nitrogens with zero attached hydrogens (tertiary/aromatic N) is 1. The lowest BCUT2D eigenvalue weighted by molar-refractivity contribution is -0.125. The predicted octanol–water partition coefficient (Wildman–Crippen LogP) is 1.41. The number of hydrogen-bond donors (Lipinski definition) is 3. The second kappa shape index (κ2) is 7.90. The summed E-state index contributed by atoms with van der Waals surface area (Å²) >= 11 is 0. The van der Waals surface area contributed by atoms with E-state index in [1.807, 2.05) is 12.1 Å². The Bertz CT molecular complexity index is 400. The van der Waals surface area contributed by atoms with Gasteiger partial charge in [-0.1, -0.05) is 12.8 Å². The highest BCUT2D eigenvalue weighted by Crippen LogP contribution is 2.33. The van der Waals surface area contributed by atoms with E-state index in [-0.39, 0.29) is 18.0 Å². The van der Waals surface area contributed by atoms with Gasteiger partial charge < -0.3 is 5.32 Å². The quantitative estimate of drug-likeness (QED) is 0.731. The minimum Gasteiger partial charge on any atom is -0.340 e. The fourth-order valence-electron chi connectivity index (χ4n) is 4.34. The molecule has 2 heterocycles. The van der Waals surface area contributed by atoms with E-state index in [4.69, 9.17) is 0 Å². The van der Waals surface area contributed by atoms with E-state index in [0.29, 0.717) is 11.8 Å². The average molecular weight is 326 g/mol. The summed E-state index contributed by atoms with van der Waals surface area (Å²) in [5.74, 6) is 1.39. The summed E-state index contributed by atoms with van der Waals surface area (Å²) in [6.45, 7) is 2.44. The lowest BCUT2D eigenvalue weighted by Gasteiger charge is -2.34. The number of hydrogen-bond acceptors (Lipinski definition) is 4. The Morgan fingerprint density at radius 3 is 2.74 bits per heavy atom. The van der Waals surface area contributed by atoms with Crippen LogP contribution in [-0.4, -0.2) is 49.9 Å². The first-order chi connectivity index (χ1) is 11.1. The maximum absolute atomic E-state index is 13.5. The van der Waals surface area contributed by atoms with Crippen molar-refractivity contribution in [3.05, 3.63) is 0 Å². The number of carbonyl (C=O) groups is 1. The van der Waals surface area contributed by atoms with E-state index in [1.54, 1.807) is 0 Å². The van der Waals surface area contributed by atoms with Crippen LogP contribution in [0.2, 0.25) is 0 Å². The van der Waals surface area contributed by atoms with Gasteiger partial charge in [0.05, 0.1) is 12.1 Å². The van der Waals surface area contributed by atoms with Crippen molar-refractivity contribution in [3.63, 3.8) is 0 Å². The van der Waals surface area contributed by atoms with Gasteiger partial charge in [0.2, 0.25) is 5.91 Å². The Hall–Kier alpha value is -0.720. The number of nitrogens with one attached hydrogen (secondary N) is 3. The molecule has 0 aromatic heterocycles. The molecule has 3 fully saturated rings. The molecule has 2 aliphatic heterocycles. The summed E-state index contributed by atoms with van der Waals surface area (Å²) in [7, 11) is 1.96. The van der Waals surface area contributed by atoms with E-state index in [1.165, 1.54) is 6.42 Å². The van der Waals surface area contributed by atoms with Crippen LogP contribution >= 0.6 is 0 Å². The van der Waals surface area contributed by atoms with Crippen LogP contribution in [0.5, 0.6) is 0 Å². The Labute approximate surface area is 138 Å². The van der Waals surface area contributed by atoms with Crippen LogP contribution < -0.4 is 16.1 Å². The zero-order valence-corrected chi connectivity index (χ0v) is 14.2. The third kappa shape index (κ3) is 4.88. The number of hydrazine groups is 1. The Kier molecular flexibility index (Phi) is 5.88. The molecule has 3 N–H and O–H groups in total. The van der Waals surface area contributed by atoms with Gasteiger partial charge in [-0.3, -0.25) is 15.5 Å². The molecule has 1 saturated carbocycles. The molecule has 132 valence electrons. The minimum absolute atomic E-state index is 0.0447. The normalized spacial score (nSPS) is 39.3. The van der Waals surface area contributed by atoms with Crippen molar-refractivity contribution in [1.29, 1.82) is 0 Å². The number of alkyl halides is 1. The molecule has 5 unspecified atom stereocenters. The molecular formula is C17H31FN4O. The maximum Gasteiger partial charge on any atom is 0.227 e. The van der Waals surface area contributed by atoms with Gasteiger partial charge in [-0.05, 0) is 50.5 Å². The van der Waals surface area contributed by atoms with Crippen LogP contribution in [-0.2, 0) is 4.79 Å². The molecule has 1 aliphatic carbocycles. The fraction of sp³-hybridized carbons (Fsp3) is 0.941. The van der Waals surface area contributed by atoms with Crippen LogP contribution in [0.15, 0.2) is 0 Å². The monoisotopic (exact) mass is 326 g/mol. The van der Waals surface area contributed by atoms with Crippen LogP contribution in [0.1, 0.15) is 44.9 Å². The zero-order chi connectivity index (χ0) is 16.2. The van der Waals surface area contributed by atoms with E-state index in [9.17, 15) is 9.18 Å². The van der Waals surface area contributed by atoms with Crippen LogP contribution in [0.3, 0.4) is 0 Å². The number of piperidine rings is 1. The van der Waals surface area contributed by atoms with Crippen LogP contribution in [0.4, 0.5) is 4.39 Å².